The lowest BCUT2D eigenvalue weighted by molar-refractivity contribution is 0.0943. The van der Waals surface area contributed by atoms with E-state index in [0.717, 1.165) is 37.3 Å². The van der Waals surface area contributed by atoms with Crippen LogP contribution >= 0.6 is 22.9 Å². The summed E-state index contributed by atoms with van der Waals surface area (Å²) in [5.74, 6) is -0.240. The summed E-state index contributed by atoms with van der Waals surface area (Å²) in [5.41, 5.74) is 1.44. The Labute approximate surface area is 182 Å². The van der Waals surface area contributed by atoms with E-state index in [1.165, 1.54) is 6.07 Å². The van der Waals surface area contributed by atoms with Gasteiger partial charge in [-0.2, -0.15) is 0 Å². The molecule has 0 spiro atoms. The van der Waals surface area contributed by atoms with Crippen LogP contribution in [0.5, 0.6) is 0 Å². The number of rotatable bonds is 6. The average molecular weight is 455 g/mol. The largest absolute Gasteiger partial charge is 0.369 e. The van der Waals surface area contributed by atoms with Crippen molar-refractivity contribution in [3.05, 3.63) is 40.2 Å². The van der Waals surface area contributed by atoms with E-state index in [4.69, 9.17) is 11.6 Å². The van der Waals surface area contributed by atoms with Crippen molar-refractivity contribution in [2.24, 2.45) is 11.3 Å². The highest BCUT2D eigenvalue weighted by atomic mass is 35.5. The van der Waals surface area contributed by atoms with Crippen molar-refractivity contribution in [1.29, 1.82) is 0 Å². The van der Waals surface area contributed by atoms with Crippen LogP contribution in [-0.4, -0.2) is 27.3 Å². The summed E-state index contributed by atoms with van der Waals surface area (Å²) in [4.78, 5) is 14.8. The Morgan fingerprint density at radius 2 is 1.83 bits per heavy atom. The summed E-state index contributed by atoms with van der Waals surface area (Å²) in [6.07, 6.45) is 2.02. The Hall–Kier alpha value is -1.57. The maximum atomic E-state index is 13.0. The molecule has 1 fully saturated rings. The molecule has 0 atom stereocenters. The van der Waals surface area contributed by atoms with Gasteiger partial charge in [-0.15, -0.1) is 11.3 Å². The SMILES string of the molecule is CC(C)C(=O)c1ccc(S(=O)(=O)Nc2cccc(Cl)c2N2CCC(C)(C)CC2)s1. The summed E-state index contributed by atoms with van der Waals surface area (Å²) in [6, 6.07) is 8.30. The molecule has 1 aliphatic rings. The molecule has 1 N–H and O–H groups in total. The number of halogens is 1. The highest BCUT2D eigenvalue weighted by Gasteiger charge is 2.29. The van der Waals surface area contributed by atoms with Crippen molar-refractivity contribution in [2.45, 2.75) is 44.7 Å². The first-order valence-corrected chi connectivity index (χ1v) is 12.4. The normalized spacial score (nSPS) is 16.8. The summed E-state index contributed by atoms with van der Waals surface area (Å²) in [6.45, 7) is 9.72. The van der Waals surface area contributed by atoms with Crippen LogP contribution in [-0.2, 0) is 10.0 Å². The van der Waals surface area contributed by atoms with E-state index in [1.54, 1.807) is 38.1 Å². The van der Waals surface area contributed by atoms with Crippen LogP contribution in [0, 0.1) is 11.3 Å². The van der Waals surface area contributed by atoms with Crippen molar-refractivity contribution in [1.82, 2.24) is 0 Å². The number of sulfonamides is 1. The van der Waals surface area contributed by atoms with E-state index >= 15 is 0 Å². The molecule has 3 rings (SSSR count). The lowest BCUT2D eigenvalue weighted by atomic mass is 9.82. The van der Waals surface area contributed by atoms with Gasteiger partial charge in [0, 0.05) is 19.0 Å². The van der Waals surface area contributed by atoms with E-state index in [2.05, 4.69) is 23.5 Å². The molecular formula is C21H27ClN2O3S2. The molecular weight excluding hydrogens is 428 g/mol. The number of anilines is 2. The monoisotopic (exact) mass is 454 g/mol. The number of nitrogens with one attached hydrogen (secondary N) is 1. The Kier molecular flexibility index (Phi) is 6.32. The van der Waals surface area contributed by atoms with Gasteiger partial charge in [0.05, 0.1) is 21.3 Å². The number of benzene rings is 1. The quantitative estimate of drug-likeness (QED) is 0.571. The summed E-state index contributed by atoms with van der Waals surface area (Å²) < 4.78 is 28.8. The maximum absolute atomic E-state index is 13.0. The molecule has 5 nitrogen and oxygen atoms in total. The van der Waals surface area contributed by atoms with Crippen LogP contribution in [0.3, 0.4) is 0 Å². The summed E-state index contributed by atoms with van der Waals surface area (Å²) in [5, 5.41) is 0.520. The first-order valence-electron chi connectivity index (χ1n) is 9.70. The highest BCUT2D eigenvalue weighted by molar-refractivity contribution is 7.94. The van der Waals surface area contributed by atoms with Gasteiger partial charge in [0.2, 0.25) is 0 Å². The molecule has 8 heteroatoms. The van der Waals surface area contributed by atoms with Crippen LogP contribution in [0.2, 0.25) is 5.02 Å². The van der Waals surface area contributed by atoms with Gasteiger partial charge in [-0.1, -0.05) is 45.4 Å². The predicted molar refractivity (Wildman–Crippen MR) is 121 cm³/mol. The number of Topliss-reactive ketones (excluding diaryl/α,β-unsaturated/α-hetero) is 1. The fourth-order valence-electron chi connectivity index (χ4n) is 3.33. The van der Waals surface area contributed by atoms with Crippen LogP contribution in [0.1, 0.15) is 50.2 Å². The summed E-state index contributed by atoms with van der Waals surface area (Å²) in [7, 11) is -3.82. The number of para-hydroxylation sites is 1. The van der Waals surface area contributed by atoms with Gasteiger partial charge in [-0.05, 0) is 42.5 Å². The number of hydrogen-bond acceptors (Lipinski definition) is 5. The Balaban J connectivity index is 1.88. The highest BCUT2D eigenvalue weighted by Crippen LogP contribution is 2.40. The van der Waals surface area contributed by atoms with Crippen molar-refractivity contribution >= 4 is 50.1 Å². The first-order chi connectivity index (χ1) is 13.5. The van der Waals surface area contributed by atoms with Crippen molar-refractivity contribution in [3.63, 3.8) is 0 Å². The molecule has 0 amide bonds. The van der Waals surface area contributed by atoms with E-state index < -0.39 is 10.0 Å². The number of piperidine rings is 1. The molecule has 158 valence electrons. The van der Waals surface area contributed by atoms with E-state index in [9.17, 15) is 13.2 Å². The lowest BCUT2D eigenvalue weighted by Gasteiger charge is -2.39. The number of thiophene rings is 1. The molecule has 1 aromatic carbocycles. The predicted octanol–water partition coefficient (Wildman–Crippen LogP) is 5.67. The Bertz CT molecular complexity index is 1000. The zero-order valence-electron chi connectivity index (χ0n) is 17.2. The average Bonchev–Trinajstić information content (AvgIpc) is 3.13. The minimum Gasteiger partial charge on any atom is -0.369 e. The number of nitrogens with zero attached hydrogens (tertiary/aromatic N) is 1. The molecule has 0 radical (unpaired) electrons. The van der Waals surface area contributed by atoms with Gasteiger partial charge in [0.25, 0.3) is 10.0 Å². The fraction of sp³-hybridized carbons (Fsp3) is 0.476. The molecule has 29 heavy (non-hydrogen) atoms. The zero-order chi connectivity index (χ0) is 21.4. The van der Waals surface area contributed by atoms with Crippen molar-refractivity contribution in [2.75, 3.05) is 22.7 Å². The lowest BCUT2D eigenvalue weighted by Crippen LogP contribution is -2.38. The maximum Gasteiger partial charge on any atom is 0.271 e. The standard InChI is InChI=1S/C21H27ClN2O3S2/c1-14(2)20(25)17-8-9-18(28-17)29(26,27)23-16-7-5-6-15(22)19(16)24-12-10-21(3,4)11-13-24/h5-9,14,23H,10-13H2,1-4H3. The van der Waals surface area contributed by atoms with Gasteiger partial charge >= 0.3 is 0 Å². The molecule has 1 aromatic heterocycles. The van der Waals surface area contributed by atoms with E-state index in [-0.39, 0.29) is 21.3 Å². The number of ketones is 1. The fourth-order valence-corrected chi connectivity index (χ4v) is 6.09. The number of carbonyl (C=O) groups is 1. The number of carbonyl (C=O) groups excluding carboxylic acids is 1. The summed E-state index contributed by atoms with van der Waals surface area (Å²) >= 11 is 7.46. The second kappa shape index (κ2) is 8.28. The van der Waals surface area contributed by atoms with Crippen molar-refractivity contribution in [3.8, 4) is 0 Å². The molecule has 0 unspecified atom stereocenters. The third kappa shape index (κ3) is 4.95. The number of hydrogen-bond donors (Lipinski definition) is 1. The Morgan fingerprint density at radius 3 is 2.45 bits per heavy atom. The third-order valence-electron chi connectivity index (χ3n) is 5.28. The van der Waals surface area contributed by atoms with Gasteiger partial charge in [0.15, 0.2) is 5.78 Å². The minimum atomic E-state index is -3.82. The van der Waals surface area contributed by atoms with Crippen LogP contribution < -0.4 is 9.62 Å². The second-order valence-electron chi connectivity index (χ2n) is 8.53. The first kappa shape index (κ1) is 22.1. The van der Waals surface area contributed by atoms with Crippen LogP contribution in [0.15, 0.2) is 34.5 Å². The minimum absolute atomic E-state index is 0.0594. The van der Waals surface area contributed by atoms with E-state index in [1.807, 2.05) is 0 Å². The molecule has 0 bridgehead atoms. The Morgan fingerprint density at radius 1 is 1.17 bits per heavy atom. The third-order valence-corrected chi connectivity index (χ3v) is 8.54. The topological polar surface area (TPSA) is 66.5 Å². The van der Waals surface area contributed by atoms with Gasteiger partial charge in [-0.25, -0.2) is 8.42 Å². The molecule has 1 aliphatic heterocycles. The van der Waals surface area contributed by atoms with Crippen molar-refractivity contribution < 1.29 is 13.2 Å². The smallest absolute Gasteiger partial charge is 0.271 e. The van der Waals surface area contributed by atoms with Crippen LogP contribution in [0.4, 0.5) is 11.4 Å². The van der Waals surface area contributed by atoms with E-state index in [0.29, 0.717) is 21.3 Å². The van der Waals surface area contributed by atoms with Gasteiger partial charge in [-0.3, -0.25) is 9.52 Å². The van der Waals surface area contributed by atoms with Gasteiger partial charge in [0.1, 0.15) is 4.21 Å². The zero-order valence-corrected chi connectivity index (χ0v) is 19.5. The molecule has 0 aliphatic carbocycles. The molecule has 2 heterocycles. The molecule has 0 saturated carbocycles. The molecule has 2 aromatic rings. The second-order valence-corrected chi connectivity index (χ2v) is 11.9. The van der Waals surface area contributed by atoms with Crippen LogP contribution in [0.25, 0.3) is 0 Å². The van der Waals surface area contributed by atoms with Gasteiger partial charge < -0.3 is 4.90 Å². The molecule has 1 saturated heterocycles.